The van der Waals surface area contributed by atoms with Gasteiger partial charge in [-0.1, -0.05) is 13.0 Å². The number of carbonyl (C=O) groups excluding carboxylic acids is 1. The third-order valence-electron chi connectivity index (χ3n) is 2.74. The summed E-state index contributed by atoms with van der Waals surface area (Å²) in [6, 6.07) is 7.02. The van der Waals surface area contributed by atoms with Crippen LogP contribution < -0.4 is 10.1 Å². The number of aliphatic hydroxyl groups excluding tert-OH is 1. The molecule has 0 bridgehead atoms. The maximum Gasteiger partial charge on any atom is 0.257 e. The highest BCUT2D eigenvalue weighted by atomic mass is 32.1. The Bertz CT molecular complexity index is 610. The number of amides is 1. The van der Waals surface area contributed by atoms with E-state index in [9.17, 15) is 9.90 Å². The Balaban J connectivity index is 2.05. The number of hydrogen-bond donors (Lipinski definition) is 2. The standard InChI is InChI=1S/C15H18N2O3S/c1-3-7-20-12-6-4-5-11(8-12)14(19)17-15-16-13(9-21-15)10(2)18/h4-6,8-10,18H,3,7H2,1-2H3,(H,16,17,19). The SMILES string of the molecule is CCCOc1cccc(C(=O)Nc2nc(C(C)O)cs2)c1. The zero-order chi connectivity index (χ0) is 15.2. The number of ether oxygens (including phenoxy) is 1. The lowest BCUT2D eigenvalue weighted by molar-refractivity contribution is 0.102. The Kier molecular flexibility index (Phi) is 5.30. The molecule has 0 radical (unpaired) electrons. The van der Waals surface area contributed by atoms with Gasteiger partial charge in [-0.2, -0.15) is 0 Å². The van der Waals surface area contributed by atoms with Crippen molar-refractivity contribution in [2.24, 2.45) is 0 Å². The first kappa shape index (κ1) is 15.5. The van der Waals surface area contributed by atoms with Crippen molar-refractivity contribution in [1.82, 2.24) is 4.98 Å². The van der Waals surface area contributed by atoms with E-state index in [2.05, 4.69) is 10.3 Å². The lowest BCUT2D eigenvalue weighted by Crippen LogP contribution is -2.12. The van der Waals surface area contributed by atoms with Crippen LogP contribution in [0.4, 0.5) is 5.13 Å². The van der Waals surface area contributed by atoms with Gasteiger partial charge in [0, 0.05) is 10.9 Å². The van der Waals surface area contributed by atoms with E-state index in [0.29, 0.717) is 28.7 Å². The summed E-state index contributed by atoms with van der Waals surface area (Å²) >= 11 is 1.28. The molecule has 1 atom stereocenters. The molecule has 1 amide bonds. The fourth-order valence-corrected chi connectivity index (χ4v) is 2.44. The summed E-state index contributed by atoms with van der Waals surface area (Å²) in [6.45, 7) is 4.28. The van der Waals surface area contributed by atoms with Crippen molar-refractivity contribution in [3.05, 3.63) is 40.9 Å². The minimum Gasteiger partial charge on any atom is -0.494 e. The van der Waals surface area contributed by atoms with E-state index in [1.54, 1.807) is 30.5 Å². The number of nitrogens with one attached hydrogen (secondary N) is 1. The lowest BCUT2D eigenvalue weighted by Gasteiger charge is -2.06. The maximum atomic E-state index is 12.2. The van der Waals surface area contributed by atoms with E-state index in [0.717, 1.165) is 6.42 Å². The van der Waals surface area contributed by atoms with Gasteiger partial charge in [0.25, 0.3) is 5.91 Å². The molecule has 6 heteroatoms. The summed E-state index contributed by atoms with van der Waals surface area (Å²) in [6.07, 6.45) is 0.273. The predicted molar refractivity (Wildman–Crippen MR) is 82.9 cm³/mol. The first-order chi connectivity index (χ1) is 10.1. The molecule has 2 rings (SSSR count). The van der Waals surface area contributed by atoms with E-state index in [1.165, 1.54) is 11.3 Å². The van der Waals surface area contributed by atoms with Gasteiger partial charge in [0.2, 0.25) is 0 Å². The number of aromatic nitrogens is 1. The van der Waals surface area contributed by atoms with Crippen LogP contribution in [0.2, 0.25) is 0 Å². The topological polar surface area (TPSA) is 71.5 Å². The third-order valence-corrected chi connectivity index (χ3v) is 3.52. The molecule has 0 spiro atoms. The average Bonchev–Trinajstić information content (AvgIpc) is 2.94. The Labute approximate surface area is 127 Å². The van der Waals surface area contributed by atoms with Gasteiger partial charge in [-0.05, 0) is 31.5 Å². The highest BCUT2D eigenvalue weighted by Crippen LogP contribution is 2.21. The van der Waals surface area contributed by atoms with Crippen molar-refractivity contribution < 1.29 is 14.6 Å². The van der Waals surface area contributed by atoms with Gasteiger partial charge in [0.05, 0.1) is 18.4 Å². The Hall–Kier alpha value is -1.92. The molecule has 2 N–H and O–H groups in total. The third kappa shape index (κ3) is 4.27. The fourth-order valence-electron chi connectivity index (χ4n) is 1.65. The van der Waals surface area contributed by atoms with E-state index in [1.807, 2.05) is 13.0 Å². The van der Waals surface area contributed by atoms with Gasteiger partial charge < -0.3 is 9.84 Å². The Morgan fingerprint density at radius 2 is 2.33 bits per heavy atom. The number of aliphatic hydroxyl groups is 1. The summed E-state index contributed by atoms with van der Waals surface area (Å²) < 4.78 is 5.51. The van der Waals surface area contributed by atoms with Gasteiger partial charge >= 0.3 is 0 Å². The number of anilines is 1. The van der Waals surface area contributed by atoms with Crippen LogP contribution in [-0.2, 0) is 0 Å². The molecular weight excluding hydrogens is 288 g/mol. The number of nitrogens with zero attached hydrogens (tertiary/aromatic N) is 1. The molecule has 1 heterocycles. The van der Waals surface area contributed by atoms with Crippen LogP contribution in [0.15, 0.2) is 29.6 Å². The second kappa shape index (κ2) is 7.19. The Morgan fingerprint density at radius 3 is 3.00 bits per heavy atom. The van der Waals surface area contributed by atoms with E-state index >= 15 is 0 Å². The number of rotatable bonds is 6. The van der Waals surface area contributed by atoms with Crippen molar-refractivity contribution >= 4 is 22.4 Å². The molecule has 0 saturated carbocycles. The number of benzene rings is 1. The van der Waals surface area contributed by atoms with Crippen molar-refractivity contribution in [3.8, 4) is 5.75 Å². The van der Waals surface area contributed by atoms with Gasteiger partial charge in [-0.3, -0.25) is 10.1 Å². The fraction of sp³-hybridized carbons (Fsp3) is 0.333. The van der Waals surface area contributed by atoms with Crippen molar-refractivity contribution in [1.29, 1.82) is 0 Å². The summed E-state index contributed by atoms with van der Waals surface area (Å²) in [5, 5.41) is 14.3. The molecule has 0 aliphatic rings. The molecular formula is C15H18N2O3S. The molecule has 2 aromatic rings. The molecule has 21 heavy (non-hydrogen) atoms. The van der Waals surface area contributed by atoms with Gasteiger partial charge in [0.15, 0.2) is 5.13 Å². The molecule has 1 aromatic carbocycles. The highest BCUT2D eigenvalue weighted by Gasteiger charge is 2.11. The van der Waals surface area contributed by atoms with E-state index in [4.69, 9.17) is 4.74 Å². The summed E-state index contributed by atoms with van der Waals surface area (Å²) in [5.74, 6) is 0.428. The molecule has 0 aliphatic carbocycles. The van der Waals surface area contributed by atoms with Crippen LogP contribution in [-0.4, -0.2) is 22.6 Å². The summed E-state index contributed by atoms with van der Waals surface area (Å²) in [5.41, 5.74) is 1.06. The number of carbonyl (C=O) groups is 1. The van der Waals surface area contributed by atoms with E-state index in [-0.39, 0.29) is 5.91 Å². The first-order valence-electron chi connectivity index (χ1n) is 6.78. The second-order valence-corrected chi connectivity index (χ2v) is 5.44. The second-order valence-electron chi connectivity index (χ2n) is 4.58. The number of thiazole rings is 1. The monoisotopic (exact) mass is 306 g/mol. The van der Waals surface area contributed by atoms with Crippen LogP contribution in [0.5, 0.6) is 5.75 Å². The molecule has 0 fully saturated rings. The maximum absolute atomic E-state index is 12.2. The average molecular weight is 306 g/mol. The predicted octanol–water partition coefficient (Wildman–Crippen LogP) is 3.24. The smallest absolute Gasteiger partial charge is 0.257 e. The van der Waals surface area contributed by atoms with Crippen LogP contribution in [0, 0.1) is 0 Å². The molecule has 5 nitrogen and oxygen atoms in total. The summed E-state index contributed by atoms with van der Waals surface area (Å²) in [7, 11) is 0. The molecule has 0 aliphatic heterocycles. The van der Waals surface area contributed by atoms with Crippen LogP contribution in [0.25, 0.3) is 0 Å². The first-order valence-corrected chi connectivity index (χ1v) is 7.65. The van der Waals surface area contributed by atoms with Crippen LogP contribution in [0.1, 0.15) is 42.4 Å². The lowest BCUT2D eigenvalue weighted by atomic mass is 10.2. The quantitative estimate of drug-likeness (QED) is 0.859. The minimum absolute atomic E-state index is 0.247. The largest absolute Gasteiger partial charge is 0.494 e. The minimum atomic E-state index is -0.641. The Morgan fingerprint density at radius 1 is 1.52 bits per heavy atom. The van der Waals surface area contributed by atoms with Crippen LogP contribution >= 0.6 is 11.3 Å². The number of hydrogen-bond acceptors (Lipinski definition) is 5. The van der Waals surface area contributed by atoms with Gasteiger partial charge in [-0.15, -0.1) is 11.3 Å². The highest BCUT2D eigenvalue weighted by molar-refractivity contribution is 7.14. The molecule has 1 unspecified atom stereocenters. The van der Waals surface area contributed by atoms with Crippen molar-refractivity contribution in [3.63, 3.8) is 0 Å². The van der Waals surface area contributed by atoms with Crippen molar-refractivity contribution in [2.75, 3.05) is 11.9 Å². The zero-order valence-corrected chi connectivity index (χ0v) is 12.8. The molecule has 112 valence electrons. The van der Waals surface area contributed by atoms with Crippen LogP contribution in [0.3, 0.4) is 0 Å². The van der Waals surface area contributed by atoms with Crippen molar-refractivity contribution in [2.45, 2.75) is 26.4 Å². The van der Waals surface area contributed by atoms with Gasteiger partial charge in [-0.25, -0.2) is 4.98 Å². The molecule has 1 aromatic heterocycles. The summed E-state index contributed by atoms with van der Waals surface area (Å²) in [4.78, 5) is 16.3. The normalized spacial score (nSPS) is 12.0. The molecule has 0 saturated heterocycles. The van der Waals surface area contributed by atoms with E-state index < -0.39 is 6.10 Å². The van der Waals surface area contributed by atoms with Gasteiger partial charge in [0.1, 0.15) is 5.75 Å². The zero-order valence-electron chi connectivity index (χ0n) is 12.0.